The average Bonchev–Trinajstić information content (AvgIpc) is 2.78. The summed E-state index contributed by atoms with van der Waals surface area (Å²) in [5.41, 5.74) is 6.46. The molecule has 6 heteroatoms. The zero-order valence-corrected chi connectivity index (χ0v) is 12.4. The van der Waals surface area contributed by atoms with Crippen LogP contribution in [0.15, 0.2) is 16.6 Å². The highest BCUT2D eigenvalue weighted by Crippen LogP contribution is 2.18. The summed E-state index contributed by atoms with van der Waals surface area (Å²) in [6.07, 6.45) is 0.374. The summed E-state index contributed by atoms with van der Waals surface area (Å²) in [4.78, 5) is 15.0. The highest BCUT2D eigenvalue weighted by atomic mass is 32.1. The maximum absolute atomic E-state index is 12.5. The Morgan fingerprint density at radius 3 is 2.74 bits per heavy atom. The number of thiophene rings is 1. The van der Waals surface area contributed by atoms with E-state index in [0.29, 0.717) is 25.4 Å². The molecule has 0 fully saturated rings. The van der Waals surface area contributed by atoms with Crippen LogP contribution in [0.3, 0.4) is 0 Å². The molecule has 0 saturated carbocycles. The normalized spacial score (nSPS) is 11.9. The lowest BCUT2D eigenvalue weighted by atomic mass is 10.2. The molecule has 5 nitrogen and oxygen atoms in total. The Hall–Kier alpha value is -1.56. The molecule has 0 bridgehead atoms. The molecule has 0 spiro atoms. The first-order valence-electron chi connectivity index (χ1n) is 6.25. The van der Waals surface area contributed by atoms with Crippen LogP contribution in [-0.4, -0.2) is 34.9 Å². The smallest absolute Gasteiger partial charge is 0.264 e. The minimum Gasteiger partial charge on any atom is -0.409 e. The minimum atomic E-state index is 0.0203. The second kappa shape index (κ2) is 7.13. The van der Waals surface area contributed by atoms with Gasteiger partial charge in [-0.25, -0.2) is 0 Å². The molecule has 0 unspecified atom stereocenters. The molecule has 1 aromatic rings. The summed E-state index contributed by atoms with van der Waals surface area (Å²) in [6.45, 7) is 7.18. The number of nitrogens with two attached hydrogens (primary N) is 1. The highest BCUT2D eigenvalue weighted by Gasteiger charge is 2.19. The number of amides is 1. The Morgan fingerprint density at radius 2 is 2.26 bits per heavy atom. The zero-order chi connectivity index (χ0) is 14.4. The molecule has 19 heavy (non-hydrogen) atoms. The number of oxime groups is 1. The number of nitrogens with zero attached hydrogens (tertiary/aromatic N) is 2. The molecule has 0 radical (unpaired) electrons. The Kier molecular flexibility index (Phi) is 5.82. The van der Waals surface area contributed by atoms with Crippen LogP contribution < -0.4 is 5.73 Å². The zero-order valence-electron chi connectivity index (χ0n) is 11.6. The number of hydrogen-bond donors (Lipinski definition) is 2. The largest absolute Gasteiger partial charge is 0.409 e. The van der Waals surface area contributed by atoms with Gasteiger partial charge >= 0.3 is 0 Å². The van der Waals surface area contributed by atoms with E-state index < -0.39 is 0 Å². The lowest BCUT2D eigenvalue weighted by Gasteiger charge is -2.24. The van der Waals surface area contributed by atoms with Crippen LogP contribution >= 0.6 is 11.3 Å². The Balaban J connectivity index is 2.79. The SMILES string of the molecule is Cc1ccsc1C(=O)N(CCC(N)=NO)CC(C)C. The van der Waals surface area contributed by atoms with Gasteiger partial charge in [-0.15, -0.1) is 11.3 Å². The summed E-state index contributed by atoms with van der Waals surface area (Å²) in [5, 5.41) is 13.4. The number of carbonyl (C=O) groups is 1. The van der Waals surface area contributed by atoms with Gasteiger partial charge in [0.2, 0.25) is 0 Å². The van der Waals surface area contributed by atoms with Crippen molar-refractivity contribution in [1.82, 2.24) is 4.90 Å². The number of amidine groups is 1. The van der Waals surface area contributed by atoms with E-state index >= 15 is 0 Å². The van der Waals surface area contributed by atoms with E-state index in [9.17, 15) is 4.79 Å². The van der Waals surface area contributed by atoms with E-state index in [1.807, 2.05) is 18.4 Å². The van der Waals surface area contributed by atoms with Crippen LogP contribution in [0.5, 0.6) is 0 Å². The van der Waals surface area contributed by atoms with Crippen LogP contribution in [0.1, 0.15) is 35.5 Å². The van der Waals surface area contributed by atoms with E-state index in [1.54, 1.807) is 4.90 Å². The molecule has 0 aliphatic carbocycles. The van der Waals surface area contributed by atoms with Crippen molar-refractivity contribution in [1.29, 1.82) is 0 Å². The second-order valence-corrected chi connectivity index (χ2v) is 5.84. The average molecular weight is 283 g/mol. The van der Waals surface area contributed by atoms with Crippen molar-refractivity contribution in [2.45, 2.75) is 27.2 Å². The maximum atomic E-state index is 12.5. The van der Waals surface area contributed by atoms with Gasteiger partial charge in [0.1, 0.15) is 5.84 Å². The third-order valence-corrected chi connectivity index (χ3v) is 3.70. The molecule has 0 aliphatic rings. The summed E-state index contributed by atoms with van der Waals surface area (Å²) in [6, 6.07) is 1.94. The molecule has 0 aliphatic heterocycles. The molecule has 0 aromatic carbocycles. The second-order valence-electron chi connectivity index (χ2n) is 4.92. The first kappa shape index (κ1) is 15.5. The molecule has 3 N–H and O–H groups in total. The third-order valence-electron chi connectivity index (χ3n) is 2.70. The fourth-order valence-electron chi connectivity index (χ4n) is 1.75. The van der Waals surface area contributed by atoms with Gasteiger partial charge in [-0.05, 0) is 29.9 Å². The topological polar surface area (TPSA) is 78.9 Å². The molecule has 106 valence electrons. The highest BCUT2D eigenvalue weighted by molar-refractivity contribution is 7.12. The van der Waals surface area contributed by atoms with Gasteiger partial charge in [-0.1, -0.05) is 19.0 Å². The Labute approximate surface area is 117 Å². The van der Waals surface area contributed by atoms with Gasteiger partial charge in [-0.3, -0.25) is 4.79 Å². The van der Waals surface area contributed by atoms with Crippen molar-refractivity contribution in [3.05, 3.63) is 21.9 Å². The number of carbonyl (C=O) groups excluding carboxylic acids is 1. The fourth-order valence-corrected chi connectivity index (χ4v) is 2.64. The fraction of sp³-hybridized carbons (Fsp3) is 0.538. The van der Waals surface area contributed by atoms with Crippen molar-refractivity contribution >= 4 is 23.1 Å². The van der Waals surface area contributed by atoms with Crippen molar-refractivity contribution < 1.29 is 10.0 Å². The summed E-state index contributed by atoms with van der Waals surface area (Å²) in [7, 11) is 0. The van der Waals surface area contributed by atoms with Gasteiger partial charge in [0.25, 0.3) is 5.91 Å². The number of rotatable bonds is 6. The van der Waals surface area contributed by atoms with Crippen LogP contribution in [0.25, 0.3) is 0 Å². The van der Waals surface area contributed by atoms with Crippen LogP contribution in [0.2, 0.25) is 0 Å². The standard InChI is InChI=1S/C13H21N3O2S/c1-9(2)8-16(6-4-11(14)15-18)13(17)12-10(3)5-7-19-12/h5,7,9,18H,4,6,8H2,1-3H3,(H2,14,15). The van der Waals surface area contributed by atoms with E-state index in [0.717, 1.165) is 10.4 Å². The Morgan fingerprint density at radius 1 is 1.58 bits per heavy atom. The lowest BCUT2D eigenvalue weighted by molar-refractivity contribution is 0.0745. The minimum absolute atomic E-state index is 0.0203. The molecular weight excluding hydrogens is 262 g/mol. The van der Waals surface area contributed by atoms with Crippen molar-refractivity contribution in [2.24, 2.45) is 16.8 Å². The van der Waals surface area contributed by atoms with Gasteiger partial charge in [-0.2, -0.15) is 0 Å². The summed E-state index contributed by atoms with van der Waals surface area (Å²) in [5.74, 6) is 0.535. The van der Waals surface area contributed by atoms with Crippen LogP contribution in [-0.2, 0) is 0 Å². The summed E-state index contributed by atoms with van der Waals surface area (Å²) < 4.78 is 0. The molecule has 1 amide bonds. The molecule has 1 heterocycles. The predicted molar refractivity (Wildman–Crippen MR) is 77.8 cm³/mol. The van der Waals surface area contributed by atoms with E-state index in [1.165, 1.54) is 11.3 Å². The molecule has 0 atom stereocenters. The molecule has 1 rings (SSSR count). The predicted octanol–water partition coefficient (Wildman–Crippen LogP) is 2.29. The van der Waals surface area contributed by atoms with Crippen molar-refractivity contribution in [3.63, 3.8) is 0 Å². The van der Waals surface area contributed by atoms with Gasteiger partial charge in [0, 0.05) is 19.5 Å². The number of hydrogen-bond acceptors (Lipinski definition) is 4. The van der Waals surface area contributed by atoms with Crippen LogP contribution in [0.4, 0.5) is 0 Å². The monoisotopic (exact) mass is 283 g/mol. The Bertz CT molecular complexity index is 454. The number of aryl methyl sites for hydroxylation is 1. The maximum Gasteiger partial charge on any atom is 0.264 e. The molecular formula is C13H21N3O2S. The molecule has 0 saturated heterocycles. The lowest BCUT2D eigenvalue weighted by Crippen LogP contribution is -2.36. The van der Waals surface area contributed by atoms with Crippen molar-refractivity contribution in [2.75, 3.05) is 13.1 Å². The molecule has 1 aromatic heterocycles. The van der Waals surface area contributed by atoms with Gasteiger partial charge in [0.15, 0.2) is 0 Å². The first-order chi connectivity index (χ1) is 8.95. The van der Waals surface area contributed by atoms with Gasteiger partial charge < -0.3 is 15.8 Å². The van der Waals surface area contributed by atoms with E-state index in [4.69, 9.17) is 10.9 Å². The first-order valence-corrected chi connectivity index (χ1v) is 7.13. The van der Waals surface area contributed by atoms with Crippen LogP contribution in [0, 0.1) is 12.8 Å². The van der Waals surface area contributed by atoms with Gasteiger partial charge in [0.05, 0.1) is 4.88 Å². The van der Waals surface area contributed by atoms with E-state index in [-0.39, 0.29) is 11.7 Å². The quantitative estimate of drug-likeness (QED) is 0.364. The van der Waals surface area contributed by atoms with E-state index in [2.05, 4.69) is 19.0 Å². The summed E-state index contributed by atoms with van der Waals surface area (Å²) >= 11 is 1.45. The third kappa shape index (κ3) is 4.55. The van der Waals surface area contributed by atoms with Crippen molar-refractivity contribution in [3.8, 4) is 0 Å².